The zero-order chi connectivity index (χ0) is 17.1. The first-order chi connectivity index (χ1) is 11.6. The maximum atomic E-state index is 12.4. The van der Waals surface area contributed by atoms with Crippen molar-refractivity contribution in [1.29, 1.82) is 0 Å². The van der Waals surface area contributed by atoms with Gasteiger partial charge in [-0.1, -0.05) is 12.1 Å². The molecular formula is C18H18N2O3S. The zero-order valence-electron chi connectivity index (χ0n) is 13.8. The van der Waals surface area contributed by atoms with Gasteiger partial charge in [-0.15, -0.1) is 11.3 Å². The molecule has 0 saturated heterocycles. The van der Waals surface area contributed by atoms with Gasteiger partial charge in [0.15, 0.2) is 10.8 Å². The summed E-state index contributed by atoms with van der Waals surface area (Å²) in [6, 6.07) is 11.3. The molecule has 0 aliphatic heterocycles. The van der Waals surface area contributed by atoms with Gasteiger partial charge in [0, 0.05) is 6.54 Å². The van der Waals surface area contributed by atoms with Crippen LogP contribution >= 0.6 is 11.3 Å². The first-order valence-electron chi connectivity index (χ1n) is 7.52. The molecule has 3 aromatic rings. The maximum Gasteiger partial charge on any atom is 0.263 e. The highest BCUT2D eigenvalue weighted by Crippen LogP contribution is 2.29. The molecule has 0 radical (unpaired) electrons. The van der Waals surface area contributed by atoms with Crippen molar-refractivity contribution in [2.75, 3.05) is 7.11 Å². The molecule has 0 saturated carbocycles. The Bertz CT molecular complexity index is 850. The van der Waals surface area contributed by atoms with Crippen LogP contribution in [0.3, 0.4) is 0 Å². The molecule has 1 amide bonds. The largest absolute Gasteiger partial charge is 0.497 e. The molecule has 2 heterocycles. The van der Waals surface area contributed by atoms with Crippen molar-refractivity contribution in [3.8, 4) is 16.5 Å². The Morgan fingerprint density at radius 1 is 1.21 bits per heavy atom. The molecule has 6 heteroatoms. The Morgan fingerprint density at radius 3 is 2.58 bits per heavy atom. The molecule has 2 aromatic heterocycles. The van der Waals surface area contributed by atoms with Crippen LogP contribution in [0.25, 0.3) is 10.8 Å². The summed E-state index contributed by atoms with van der Waals surface area (Å²) >= 11 is 1.34. The van der Waals surface area contributed by atoms with Crippen molar-refractivity contribution in [1.82, 2.24) is 10.3 Å². The van der Waals surface area contributed by atoms with Crippen LogP contribution < -0.4 is 10.1 Å². The fourth-order valence-corrected chi connectivity index (χ4v) is 3.21. The molecule has 3 rings (SSSR count). The van der Waals surface area contributed by atoms with Crippen molar-refractivity contribution >= 4 is 17.2 Å². The minimum absolute atomic E-state index is 0.129. The van der Waals surface area contributed by atoms with Crippen molar-refractivity contribution < 1.29 is 13.9 Å². The van der Waals surface area contributed by atoms with Crippen LogP contribution in [0, 0.1) is 13.8 Å². The van der Waals surface area contributed by atoms with E-state index in [0.717, 1.165) is 22.1 Å². The van der Waals surface area contributed by atoms with Gasteiger partial charge in [0.1, 0.15) is 16.4 Å². The molecule has 1 N–H and O–H groups in total. The third-order valence-electron chi connectivity index (χ3n) is 3.57. The maximum absolute atomic E-state index is 12.4. The summed E-state index contributed by atoms with van der Waals surface area (Å²) in [7, 11) is 1.63. The summed E-state index contributed by atoms with van der Waals surface area (Å²) in [6.07, 6.45) is 0. The summed E-state index contributed by atoms with van der Waals surface area (Å²) in [6.45, 7) is 4.17. The summed E-state index contributed by atoms with van der Waals surface area (Å²) in [5, 5.41) is 3.64. The molecule has 0 spiro atoms. The summed E-state index contributed by atoms with van der Waals surface area (Å²) < 4.78 is 10.7. The van der Waals surface area contributed by atoms with Crippen molar-refractivity contribution in [2.45, 2.75) is 20.4 Å². The number of amides is 1. The smallest absolute Gasteiger partial charge is 0.263 e. The molecule has 24 heavy (non-hydrogen) atoms. The van der Waals surface area contributed by atoms with Crippen LogP contribution in [0.1, 0.15) is 26.7 Å². The monoisotopic (exact) mass is 342 g/mol. The Balaban J connectivity index is 1.69. The van der Waals surface area contributed by atoms with Crippen molar-refractivity contribution in [2.24, 2.45) is 0 Å². The Hall–Kier alpha value is -2.60. The third kappa shape index (κ3) is 3.49. The second kappa shape index (κ2) is 6.88. The second-order valence-corrected chi connectivity index (χ2v) is 6.37. The lowest BCUT2D eigenvalue weighted by Crippen LogP contribution is -2.22. The number of aryl methyl sites for hydroxylation is 2. The molecule has 124 valence electrons. The van der Waals surface area contributed by atoms with Crippen molar-refractivity contribution in [3.05, 3.63) is 58.3 Å². The van der Waals surface area contributed by atoms with E-state index in [1.165, 1.54) is 11.3 Å². The highest BCUT2D eigenvalue weighted by molar-refractivity contribution is 7.17. The number of hydrogen-bond acceptors (Lipinski definition) is 5. The van der Waals surface area contributed by atoms with E-state index in [2.05, 4.69) is 10.3 Å². The highest BCUT2D eigenvalue weighted by atomic mass is 32.1. The van der Waals surface area contributed by atoms with E-state index in [1.54, 1.807) is 7.11 Å². The lowest BCUT2D eigenvalue weighted by atomic mass is 10.2. The average Bonchev–Trinajstić information content (AvgIpc) is 3.19. The quantitative estimate of drug-likeness (QED) is 0.762. The Morgan fingerprint density at radius 2 is 1.96 bits per heavy atom. The molecule has 0 atom stereocenters. The van der Waals surface area contributed by atoms with Crippen LogP contribution in [0.2, 0.25) is 0 Å². The van der Waals surface area contributed by atoms with Gasteiger partial charge in [-0.05, 0) is 43.7 Å². The fourth-order valence-electron chi connectivity index (χ4n) is 2.27. The lowest BCUT2D eigenvalue weighted by Gasteiger charge is -2.05. The number of nitrogens with one attached hydrogen (secondary N) is 1. The van der Waals surface area contributed by atoms with Gasteiger partial charge in [-0.2, -0.15) is 0 Å². The minimum Gasteiger partial charge on any atom is -0.497 e. The molecule has 5 nitrogen and oxygen atoms in total. The minimum atomic E-state index is -0.129. The van der Waals surface area contributed by atoms with E-state index in [-0.39, 0.29) is 5.91 Å². The molecule has 0 unspecified atom stereocenters. The predicted molar refractivity (Wildman–Crippen MR) is 93.5 cm³/mol. The van der Waals surface area contributed by atoms with Crippen molar-refractivity contribution in [3.63, 3.8) is 0 Å². The number of methoxy groups -OCH3 is 1. The summed E-state index contributed by atoms with van der Waals surface area (Å²) in [5.41, 5.74) is 1.71. The number of furan rings is 1. The molecule has 0 bridgehead atoms. The molecular weight excluding hydrogens is 324 g/mol. The Kier molecular flexibility index (Phi) is 4.66. The van der Waals surface area contributed by atoms with Crippen LogP contribution in [-0.2, 0) is 6.54 Å². The lowest BCUT2D eigenvalue weighted by molar-refractivity contribution is 0.0954. The second-order valence-electron chi connectivity index (χ2n) is 5.37. The number of carbonyl (C=O) groups is 1. The predicted octanol–water partition coefficient (Wildman–Crippen LogP) is 3.96. The summed E-state index contributed by atoms with van der Waals surface area (Å²) in [5.74, 6) is 2.18. The molecule has 0 fully saturated rings. The SMILES string of the molecule is COc1ccc(CNC(=O)c2sc(-c3ccc(C)o3)nc2C)cc1. The van der Waals surface area contributed by atoms with E-state index in [0.29, 0.717) is 22.9 Å². The highest BCUT2D eigenvalue weighted by Gasteiger charge is 2.17. The number of carbonyl (C=O) groups excluding carboxylic acids is 1. The van der Waals surface area contributed by atoms with E-state index in [1.807, 2.05) is 50.2 Å². The number of thiazole rings is 1. The van der Waals surface area contributed by atoms with Crippen LogP contribution in [0.5, 0.6) is 5.75 Å². The van der Waals surface area contributed by atoms with Crippen LogP contribution in [-0.4, -0.2) is 18.0 Å². The molecule has 0 aliphatic rings. The number of ether oxygens (including phenoxy) is 1. The number of rotatable bonds is 5. The average molecular weight is 342 g/mol. The number of nitrogens with zero attached hydrogens (tertiary/aromatic N) is 1. The van der Waals surface area contributed by atoms with E-state index in [4.69, 9.17) is 9.15 Å². The van der Waals surface area contributed by atoms with E-state index < -0.39 is 0 Å². The first kappa shape index (κ1) is 16.3. The van der Waals surface area contributed by atoms with Crippen LogP contribution in [0.15, 0.2) is 40.8 Å². The Labute approximate surface area is 144 Å². The number of aromatic nitrogens is 1. The standard InChI is InChI=1S/C18H18N2O3S/c1-11-4-9-15(23-11)18-20-12(2)16(24-18)17(21)19-10-13-5-7-14(22-3)8-6-13/h4-9H,10H2,1-3H3,(H,19,21). The van der Waals surface area contributed by atoms with Gasteiger partial charge in [0.2, 0.25) is 0 Å². The van der Waals surface area contributed by atoms with E-state index in [9.17, 15) is 4.79 Å². The molecule has 0 aliphatic carbocycles. The van der Waals surface area contributed by atoms with Gasteiger partial charge in [-0.3, -0.25) is 4.79 Å². The topological polar surface area (TPSA) is 64.4 Å². The summed E-state index contributed by atoms with van der Waals surface area (Å²) in [4.78, 5) is 17.5. The number of hydrogen-bond donors (Lipinski definition) is 1. The molecule has 1 aromatic carbocycles. The third-order valence-corrected chi connectivity index (χ3v) is 4.74. The van der Waals surface area contributed by atoms with Gasteiger partial charge in [0.25, 0.3) is 5.91 Å². The first-order valence-corrected chi connectivity index (χ1v) is 8.34. The van der Waals surface area contributed by atoms with Gasteiger partial charge < -0.3 is 14.5 Å². The van der Waals surface area contributed by atoms with Gasteiger partial charge >= 0.3 is 0 Å². The van der Waals surface area contributed by atoms with Gasteiger partial charge in [0.05, 0.1) is 12.8 Å². The zero-order valence-corrected chi connectivity index (χ0v) is 14.6. The van der Waals surface area contributed by atoms with Gasteiger partial charge in [-0.25, -0.2) is 4.98 Å². The van der Waals surface area contributed by atoms with E-state index >= 15 is 0 Å². The number of benzene rings is 1. The van der Waals surface area contributed by atoms with Crippen LogP contribution in [0.4, 0.5) is 0 Å². The fraction of sp³-hybridized carbons (Fsp3) is 0.222. The normalized spacial score (nSPS) is 10.6.